The van der Waals surface area contributed by atoms with E-state index < -0.39 is 18.0 Å². The van der Waals surface area contributed by atoms with Crippen molar-refractivity contribution in [1.29, 1.82) is 0 Å². The minimum atomic E-state index is -1.15. The SMILES string of the molecule is COCCC(NC(=O)NCC(=O)NCC(C)C)C(=O)O. The quantitative estimate of drug-likeness (QED) is 0.458. The average Bonchev–Trinajstić information content (AvgIpc) is 2.38. The Morgan fingerprint density at radius 2 is 1.85 bits per heavy atom. The molecule has 0 heterocycles. The van der Waals surface area contributed by atoms with Crippen molar-refractivity contribution in [3.63, 3.8) is 0 Å². The van der Waals surface area contributed by atoms with E-state index in [9.17, 15) is 14.4 Å². The Morgan fingerprint density at radius 1 is 1.20 bits per heavy atom. The highest BCUT2D eigenvalue weighted by Gasteiger charge is 2.19. The van der Waals surface area contributed by atoms with E-state index in [1.165, 1.54) is 7.11 Å². The number of carbonyl (C=O) groups excluding carboxylic acids is 2. The lowest BCUT2D eigenvalue weighted by Crippen LogP contribution is -2.49. The molecule has 20 heavy (non-hydrogen) atoms. The summed E-state index contributed by atoms with van der Waals surface area (Å²) < 4.78 is 4.76. The lowest BCUT2D eigenvalue weighted by molar-refractivity contribution is -0.139. The number of rotatable bonds is 9. The molecule has 0 aromatic heterocycles. The molecular weight excluding hydrogens is 266 g/mol. The van der Waals surface area contributed by atoms with Gasteiger partial charge in [0.05, 0.1) is 6.54 Å². The summed E-state index contributed by atoms with van der Waals surface area (Å²) in [5, 5.41) is 16.1. The topological polar surface area (TPSA) is 117 Å². The van der Waals surface area contributed by atoms with Crippen molar-refractivity contribution >= 4 is 17.9 Å². The molecule has 0 bridgehead atoms. The first kappa shape index (κ1) is 18.2. The van der Waals surface area contributed by atoms with Crippen molar-refractivity contribution in [2.45, 2.75) is 26.3 Å². The number of carbonyl (C=O) groups is 3. The van der Waals surface area contributed by atoms with Crippen LogP contribution in [0.1, 0.15) is 20.3 Å². The number of hydrogen-bond acceptors (Lipinski definition) is 4. The second-order valence-electron chi connectivity index (χ2n) is 4.70. The monoisotopic (exact) mass is 289 g/mol. The van der Waals surface area contributed by atoms with Crippen LogP contribution in [-0.2, 0) is 14.3 Å². The fourth-order valence-corrected chi connectivity index (χ4v) is 1.24. The summed E-state index contributed by atoms with van der Waals surface area (Å²) in [7, 11) is 1.44. The smallest absolute Gasteiger partial charge is 0.326 e. The van der Waals surface area contributed by atoms with E-state index in [4.69, 9.17) is 9.84 Å². The largest absolute Gasteiger partial charge is 0.480 e. The van der Waals surface area contributed by atoms with Crippen LogP contribution in [-0.4, -0.2) is 55.9 Å². The van der Waals surface area contributed by atoms with Gasteiger partial charge in [0.15, 0.2) is 0 Å². The van der Waals surface area contributed by atoms with Crippen LogP contribution in [0.5, 0.6) is 0 Å². The average molecular weight is 289 g/mol. The lowest BCUT2D eigenvalue weighted by Gasteiger charge is -2.14. The van der Waals surface area contributed by atoms with Crippen molar-refractivity contribution in [3.8, 4) is 0 Å². The summed E-state index contributed by atoms with van der Waals surface area (Å²) in [6, 6.07) is -1.75. The van der Waals surface area contributed by atoms with Gasteiger partial charge in [-0.3, -0.25) is 4.79 Å². The van der Waals surface area contributed by atoms with E-state index in [0.29, 0.717) is 12.5 Å². The Morgan fingerprint density at radius 3 is 2.35 bits per heavy atom. The number of nitrogens with one attached hydrogen (secondary N) is 3. The van der Waals surface area contributed by atoms with Crippen LogP contribution in [0.2, 0.25) is 0 Å². The van der Waals surface area contributed by atoms with Crippen LogP contribution in [0.3, 0.4) is 0 Å². The third kappa shape index (κ3) is 9.15. The summed E-state index contributed by atoms with van der Waals surface area (Å²) in [6.07, 6.45) is 0.152. The highest BCUT2D eigenvalue weighted by Crippen LogP contribution is 1.93. The maximum Gasteiger partial charge on any atom is 0.326 e. The standard InChI is InChI=1S/C12H23N3O5/c1-8(2)6-13-10(16)7-14-12(19)15-9(11(17)18)4-5-20-3/h8-9H,4-7H2,1-3H3,(H,13,16)(H,17,18)(H2,14,15,19). The van der Waals surface area contributed by atoms with Gasteiger partial charge < -0.3 is 25.8 Å². The zero-order valence-electron chi connectivity index (χ0n) is 12.1. The predicted octanol–water partition coefficient (Wildman–Crippen LogP) is -0.452. The van der Waals surface area contributed by atoms with E-state index in [-0.39, 0.29) is 25.5 Å². The van der Waals surface area contributed by atoms with E-state index in [2.05, 4.69) is 16.0 Å². The number of aliphatic carboxylic acids is 1. The molecule has 0 rings (SSSR count). The number of amides is 3. The van der Waals surface area contributed by atoms with Gasteiger partial charge in [0, 0.05) is 26.7 Å². The summed E-state index contributed by atoms with van der Waals surface area (Å²) >= 11 is 0. The van der Waals surface area contributed by atoms with Gasteiger partial charge in [0.1, 0.15) is 6.04 Å². The molecule has 0 aliphatic rings. The van der Waals surface area contributed by atoms with Crippen molar-refractivity contribution < 1.29 is 24.2 Å². The highest BCUT2D eigenvalue weighted by molar-refractivity contribution is 5.86. The molecule has 0 saturated heterocycles. The molecule has 8 nitrogen and oxygen atoms in total. The van der Waals surface area contributed by atoms with Gasteiger partial charge in [-0.15, -0.1) is 0 Å². The number of ether oxygens (including phenoxy) is 1. The minimum Gasteiger partial charge on any atom is -0.480 e. The van der Waals surface area contributed by atoms with Crippen LogP contribution in [0.4, 0.5) is 4.79 Å². The number of carboxylic acids is 1. The van der Waals surface area contributed by atoms with Crippen LogP contribution in [0.15, 0.2) is 0 Å². The third-order valence-electron chi connectivity index (χ3n) is 2.33. The molecule has 0 fully saturated rings. The normalized spacial score (nSPS) is 11.8. The van der Waals surface area contributed by atoms with Crippen molar-refractivity contribution in [2.75, 3.05) is 26.8 Å². The molecule has 0 aliphatic carbocycles. The predicted molar refractivity (Wildman–Crippen MR) is 72.3 cm³/mol. The van der Waals surface area contributed by atoms with Crippen molar-refractivity contribution in [1.82, 2.24) is 16.0 Å². The fraction of sp³-hybridized carbons (Fsp3) is 0.750. The Kier molecular flexibility index (Phi) is 9.10. The molecule has 8 heteroatoms. The van der Waals surface area contributed by atoms with Gasteiger partial charge in [0.2, 0.25) is 5.91 Å². The van der Waals surface area contributed by atoms with Crippen LogP contribution >= 0.6 is 0 Å². The second-order valence-corrected chi connectivity index (χ2v) is 4.70. The molecule has 0 aromatic carbocycles. The maximum atomic E-state index is 11.5. The van der Waals surface area contributed by atoms with Crippen LogP contribution in [0, 0.1) is 5.92 Å². The molecular formula is C12H23N3O5. The molecule has 0 radical (unpaired) electrons. The summed E-state index contributed by atoms with van der Waals surface area (Å²) in [6.45, 7) is 4.44. The van der Waals surface area contributed by atoms with Gasteiger partial charge in [-0.2, -0.15) is 0 Å². The molecule has 116 valence electrons. The van der Waals surface area contributed by atoms with Gasteiger partial charge >= 0.3 is 12.0 Å². The van der Waals surface area contributed by atoms with Gasteiger partial charge in [0.25, 0.3) is 0 Å². The van der Waals surface area contributed by atoms with E-state index in [1.54, 1.807) is 0 Å². The Hall–Kier alpha value is -1.83. The molecule has 0 spiro atoms. The fourth-order valence-electron chi connectivity index (χ4n) is 1.24. The summed E-state index contributed by atoms with van der Waals surface area (Å²) in [5.41, 5.74) is 0. The first-order valence-corrected chi connectivity index (χ1v) is 6.39. The molecule has 1 unspecified atom stereocenters. The maximum absolute atomic E-state index is 11.5. The highest BCUT2D eigenvalue weighted by atomic mass is 16.5. The van der Waals surface area contributed by atoms with Crippen LogP contribution in [0.25, 0.3) is 0 Å². The molecule has 0 aliphatic heterocycles. The second kappa shape index (κ2) is 10.0. The number of urea groups is 1. The molecule has 1 atom stereocenters. The van der Waals surface area contributed by atoms with Crippen molar-refractivity contribution in [3.05, 3.63) is 0 Å². The zero-order valence-corrected chi connectivity index (χ0v) is 12.1. The lowest BCUT2D eigenvalue weighted by atomic mass is 10.2. The Labute approximate surface area is 118 Å². The number of methoxy groups -OCH3 is 1. The molecule has 3 amide bonds. The first-order valence-electron chi connectivity index (χ1n) is 6.39. The summed E-state index contributed by atoms with van der Waals surface area (Å²) in [5.74, 6) is -1.16. The van der Waals surface area contributed by atoms with Gasteiger partial charge in [-0.25, -0.2) is 9.59 Å². The van der Waals surface area contributed by atoms with E-state index in [1.807, 2.05) is 13.8 Å². The third-order valence-corrected chi connectivity index (χ3v) is 2.33. The number of carboxylic acid groups (broad SMARTS) is 1. The Balaban J connectivity index is 4.01. The van der Waals surface area contributed by atoms with E-state index >= 15 is 0 Å². The first-order chi connectivity index (χ1) is 9.36. The van der Waals surface area contributed by atoms with E-state index in [0.717, 1.165) is 0 Å². The van der Waals surface area contributed by atoms with Gasteiger partial charge in [-0.1, -0.05) is 13.8 Å². The summed E-state index contributed by atoms with van der Waals surface area (Å²) in [4.78, 5) is 33.7. The molecule has 0 saturated carbocycles. The van der Waals surface area contributed by atoms with Crippen molar-refractivity contribution in [2.24, 2.45) is 5.92 Å². The van der Waals surface area contributed by atoms with Gasteiger partial charge in [-0.05, 0) is 5.92 Å². The number of hydrogen-bond donors (Lipinski definition) is 4. The zero-order chi connectivity index (χ0) is 15.5. The molecule has 4 N–H and O–H groups in total. The Bertz CT molecular complexity index is 333. The molecule has 0 aromatic rings. The van der Waals surface area contributed by atoms with Crippen LogP contribution < -0.4 is 16.0 Å². The minimum absolute atomic E-state index is 0.152.